The lowest BCUT2D eigenvalue weighted by atomic mass is 10.1. The zero-order valence-corrected chi connectivity index (χ0v) is 16.4. The highest BCUT2D eigenvalue weighted by Crippen LogP contribution is 2.25. The maximum absolute atomic E-state index is 12.6. The van der Waals surface area contributed by atoms with Gasteiger partial charge in [-0.1, -0.05) is 24.3 Å². The molecule has 3 rings (SSSR count). The Labute approximate surface area is 165 Å². The first kappa shape index (κ1) is 19.9. The third-order valence-electron chi connectivity index (χ3n) is 5.26. The van der Waals surface area contributed by atoms with Crippen molar-refractivity contribution in [1.29, 1.82) is 0 Å². The van der Waals surface area contributed by atoms with Gasteiger partial charge in [-0.15, -0.1) is 0 Å². The van der Waals surface area contributed by atoms with Crippen molar-refractivity contribution in [3.63, 3.8) is 0 Å². The van der Waals surface area contributed by atoms with Crippen molar-refractivity contribution in [3.8, 4) is 11.5 Å². The summed E-state index contributed by atoms with van der Waals surface area (Å²) in [5.74, 6) is 1.29. The van der Waals surface area contributed by atoms with E-state index in [0.717, 1.165) is 18.6 Å². The molecule has 2 aromatic carbocycles. The average molecular weight is 381 g/mol. The first-order valence-electron chi connectivity index (χ1n) is 9.60. The van der Waals surface area contributed by atoms with Crippen LogP contribution in [-0.4, -0.2) is 49.4 Å². The Balaban J connectivity index is 1.54. The second-order valence-electron chi connectivity index (χ2n) is 7.08. The number of para-hydroxylation sites is 1. The van der Waals surface area contributed by atoms with E-state index in [2.05, 4.69) is 15.5 Å². The summed E-state index contributed by atoms with van der Waals surface area (Å²) in [5.41, 5.74) is 0.566. The maximum atomic E-state index is 12.6. The summed E-state index contributed by atoms with van der Waals surface area (Å²) < 4.78 is 5.80. The van der Waals surface area contributed by atoms with Gasteiger partial charge in [-0.25, -0.2) is 0 Å². The van der Waals surface area contributed by atoms with Gasteiger partial charge in [0.15, 0.2) is 0 Å². The molecule has 0 bridgehead atoms. The Morgan fingerprint density at radius 3 is 2.50 bits per heavy atom. The van der Waals surface area contributed by atoms with Crippen molar-refractivity contribution in [2.45, 2.75) is 31.3 Å². The Bertz CT molecular complexity index is 810. The molecule has 2 aromatic rings. The summed E-state index contributed by atoms with van der Waals surface area (Å²) in [5, 5.41) is 5.69. The lowest BCUT2D eigenvalue weighted by Crippen LogP contribution is -2.42. The van der Waals surface area contributed by atoms with E-state index in [1.54, 1.807) is 19.2 Å². The first-order valence-corrected chi connectivity index (χ1v) is 9.60. The SMILES string of the molecule is CNC(=O)C[C@H]1CC[C@@H](CNC(=O)c2cccc(Oc3ccccc3)c2)N1C. The molecule has 6 nitrogen and oxygen atoms in total. The van der Waals surface area contributed by atoms with Gasteiger partial charge in [0.1, 0.15) is 11.5 Å². The van der Waals surface area contributed by atoms with Crippen molar-refractivity contribution < 1.29 is 14.3 Å². The summed E-state index contributed by atoms with van der Waals surface area (Å²) in [6, 6.07) is 17.1. The van der Waals surface area contributed by atoms with E-state index in [4.69, 9.17) is 4.74 Å². The number of nitrogens with zero attached hydrogens (tertiary/aromatic N) is 1. The Kier molecular flexibility index (Phi) is 6.66. The standard InChI is InChI=1S/C22H27N3O3/c1-23-21(26)14-17-11-12-18(25(17)2)15-24-22(27)16-7-6-10-20(13-16)28-19-8-4-3-5-9-19/h3-10,13,17-18H,11-12,14-15H2,1-2H3,(H,23,26)(H,24,27)/t17-,18+/m1/s1. The third kappa shape index (κ3) is 5.10. The van der Waals surface area contributed by atoms with Crippen LogP contribution in [0, 0.1) is 0 Å². The van der Waals surface area contributed by atoms with Crippen molar-refractivity contribution in [1.82, 2.24) is 15.5 Å². The summed E-state index contributed by atoms with van der Waals surface area (Å²) in [4.78, 5) is 26.4. The summed E-state index contributed by atoms with van der Waals surface area (Å²) >= 11 is 0. The molecule has 1 aliphatic rings. The number of likely N-dealkylation sites (tertiary alicyclic amines) is 1. The minimum atomic E-state index is -0.123. The van der Waals surface area contributed by atoms with Crippen molar-refractivity contribution >= 4 is 11.8 Å². The number of carbonyl (C=O) groups is 2. The Morgan fingerprint density at radius 1 is 1.04 bits per heavy atom. The fraction of sp³-hybridized carbons (Fsp3) is 0.364. The maximum Gasteiger partial charge on any atom is 0.251 e. The molecule has 2 atom stereocenters. The number of hydrogen-bond donors (Lipinski definition) is 2. The largest absolute Gasteiger partial charge is 0.457 e. The molecule has 148 valence electrons. The molecule has 0 radical (unpaired) electrons. The number of ether oxygens (including phenoxy) is 1. The van der Waals surface area contributed by atoms with Gasteiger partial charge in [-0.2, -0.15) is 0 Å². The number of rotatable bonds is 7. The van der Waals surface area contributed by atoms with Gasteiger partial charge in [-0.3, -0.25) is 14.5 Å². The number of hydrogen-bond acceptors (Lipinski definition) is 4. The van der Waals surface area contributed by atoms with Crippen LogP contribution in [0.15, 0.2) is 54.6 Å². The summed E-state index contributed by atoms with van der Waals surface area (Å²) in [6.45, 7) is 0.559. The molecule has 0 unspecified atom stereocenters. The van der Waals surface area contributed by atoms with Gasteiger partial charge in [0.05, 0.1) is 0 Å². The van der Waals surface area contributed by atoms with E-state index < -0.39 is 0 Å². The molecule has 2 amide bonds. The number of benzene rings is 2. The number of carbonyl (C=O) groups excluding carboxylic acids is 2. The van der Waals surface area contributed by atoms with Crippen LogP contribution in [0.1, 0.15) is 29.6 Å². The lowest BCUT2D eigenvalue weighted by molar-refractivity contribution is -0.121. The molecule has 1 saturated heterocycles. The molecular formula is C22H27N3O3. The van der Waals surface area contributed by atoms with E-state index in [0.29, 0.717) is 24.3 Å². The smallest absolute Gasteiger partial charge is 0.251 e. The van der Waals surface area contributed by atoms with Gasteiger partial charge >= 0.3 is 0 Å². The zero-order valence-electron chi connectivity index (χ0n) is 16.4. The van der Waals surface area contributed by atoms with Crippen LogP contribution >= 0.6 is 0 Å². The first-order chi connectivity index (χ1) is 13.6. The highest BCUT2D eigenvalue weighted by Gasteiger charge is 2.31. The van der Waals surface area contributed by atoms with Crippen LogP contribution in [0.2, 0.25) is 0 Å². The minimum absolute atomic E-state index is 0.0526. The number of amides is 2. The van der Waals surface area contributed by atoms with E-state index in [9.17, 15) is 9.59 Å². The fourth-order valence-corrected chi connectivity index (χ4v) is 3.54. The van der Waals surface area contributed by atoms with E-state index in [-0.39, 0.29) is 23.9 Å². The molecule has 1 fully saturated rings. The third-order valence-corrected chi connectivity index (χ3v) is 5.26. The van der Waals surface area contributed by atoms with Crippen molar-refractivity contribution in [2.24, 2.45) is 0 Å². The van der Waals surface area contributed by atoms with Crippen molar-refractivity contribution in [3.05, 3.63) is 60.2 Å². The zero-order chi connectivity index (χ0) is 19.9. The van der Waals surface area contributed by atoms with E-state index >= 15 is 0 Å². The van der Waals surface area contributed by atoms with Gasteiger partial charge in [0, 0.05) is 37.7 Å². The van der Waals surface area contributed by atoms with Crippen LogP contribution in [0.5, 0.6) is 11.5 Å². The number of nitrogens with one attached hydrogen (secondary N) is 2. The minimum Gasteiger partial charge on any atom is -0.457 e. The molecule has 0 spiro atoms. The van der Waals surface area contributed by atoms with Gasteiger partial charge < -0.3 is 15.4 Å². The summed E-state index contributed by atoms with van der Waals surface area (Å²) in [7, 11) is 3.68. The molecule has 28 heavy (non-hydrogen) atoms. The van der Waals surface area contributed by atoms with Crippen molar-refractivity contribution in [2.75, 3.05) is 20.6 Å². The van der Waals surface area contributed by atoms with E-state index in [1.807, 2.05) is 49.5 Å². The predicted octanol–water partition coefficient (Wildman–Crippen LogP) is 2.81. The average Bonchev–Trinajstić information content (AvgIpc) is 3.06. The van der Waals surface area contributed by atoms with Gasteiger partial charge in [0.25, 0.3) is 5.91 Å². The molecule has 0 saturated carbocycles. The van der Waals surface area contributed by atoms with Gasteiger partial charge in [-0.05, 0) is 50.2 Å². The highest BCUT2D eigenvalue weighted by molar-refractivity contribution is 5.94. The molecular weight excluding hydrogens is 354 g/mol. The second-order valence-corrected chi connectivity index (χ2v) is 7.08. The second kappa shape index (κ2) is 9.37. The quantitative estimate of drug-likeness (QED) is 0.774. The molecule has 1 heterocycles. The predicted molar refractivity (Wildman–Crippen MR) is 109 cm³/mol. The van der Waals surface area contributed by atoms with Crippen LogP contribution < -0.4 is 15.4 Å². The Hall–Kier alpha value is -2.86. The number of likely N-dealkylation sites (N-methyl/N-ethyl adjacent to an activating group) is 1. The van der Waals surface area contributed by atoms with E-state index in [1.165, 1.54) is 0 Å². The fourth-order valence-electron chi connectivity index (χ4n) is 3.54. The highest BCUT2D eigenvalue weighted by atomic mass is 16.5. The molecule has 2 N–H and O–H groups in total. The lowest BCUT2D eigenvalue weighted by Gasteiger charge is -2.25. The normalized spacial score (nSPS) is 19.2. The Morgan fingerprint density at radius 2 is 1.75 bits per heavy atom. The van der Waals surface area contributed by atoms with Gasteiger partial charge in [0.2, 0.25) is 5.91 Å². The molecule has 6 heteroatoms. The van der Waals surface area contributed by atoms with Crippen LogP contribution in [0.25, 0.3) is 0 Å². The monoisotopic (exact) mass is 381 g/mol. The van der Waals surface area contributed by atoms with Crippen LogP contribution in [0.3, 0.4) is 0 Å². The summed E-state index contributed by atoms with van der Waals surface area (Å²) in [6.07, 6.45) is 2.43. The molecule has 1 aliphatic heterocycles. The molecule has 0 aromatic heterocycles. The van der Waals surface area contributed by atoms with Crippen LogP contribution in [0.4, 0.5) is 0 Å². The topological polar surface area (TPSA) is 70.7 Å². The molecule has 0 aliphatic carbocycles. The van der Waals surface area contributed by atoms with Crippen LogP contribution in [-0.2, 0) is 4.79 Å².